The molecule has 1 aliphatic heterocycles. The summed E-state index contributed by atoms with van der Waals surface area (Å²) in [6.45, 7) is -0.431. The molecule has 1 saturated heterocycles. The van der Waals surface area contributed by atoms with Gasteiger partial charge in [-0.15, -0.1) is 11.3 Å². The topological polar surface area (TPSA) is 139 Å². The molecule has 21 heavy (non-hydrogen) atoms. The molecule has 108 valence electrons. The van der Waals surface area contributed by atoms with Gasteiger partial charge in [-0.3, -0.25) is 9.59 Å². The second-order valence-electron chi connectivity index (χ2n) is 3.78. The van der Waals surface area contributed by atoms with Crippen LogP contribution in [0.15, 0.2) is 22.7 Å². The maximum Gasteiger partial charge on any atom is 1.00 e. The number of rotatable bonds is 4. The van der Waals surface area contributed by atoms with Crippen LogP contribution in [0, 0.1) is 0 Å². The van der Waals surface area contributed by atoms with Crippen LogP contribution in [0.2, 0.25) is 0 Å². The Balaban J connectivity index is 0.00000220. The zero-order valence-corrected chi connectivity index (χ0v) is 14.3. The van der Waals surface area contributed by atoms with Gasteiger partial charge in [-0.1, -0.05) is 11.2 Å². The van der Waals surface area contributed by atoms with Gasteiger partial charge in [-0.2, -0.15) is 0 Å². The SMILES string of the molecule is O=C(NC1CN(S(=O)(=O)[O-])C1=O)C(=NO)c1cccs1.[Na+]. The average molecular weight is 341 g/mol. The van der Waals surface area contributed by atoms with Crippen LogP contribution in [0.3, 0.4) is 0 Å². The smallest absolute Gasteiger partial charge is 0.731 e. The van der Waals surface area contributed by atoms with Crippen molar-refractivity contribution in [3.63, 3.8) is 0 Å². The summed E-state index contributed by atoms with van der Waals surface area (Å²) in [5.41, 5.74) is -0.295. The molecule has 1 fully saturated rings. The predicted molar refractivity (Wildman–Crippen MR) is 66.0 cm³/mol. The Morgan fingerprint density at radius 1 is 1.57 bits per heavy atom. The first-order chi connectivity index (χ1) is 9.34. The van der Waals surface area contributed by atoms with E-state index >= 15 is 0 Å². The third kappa shape index (κ3) is 3.81. The molecule has 0 saturated carbocycles. The van der Waals surface area contributed by atoms with Crippen molar-refractivity contribution in [2.24, 2.45) is 5.16 Å². The van der Waals surface area contributed by atoms with Crippen LogP contribution in [-0.2, 0) is 19.9 Å². The Morgan fingerprint density at radius 2 is 2.24 bits per heavy atom. The number of nitrogens with one attached hydrogen (secondary N) is 1. The molecule has 2 amide bonds. The van der Waals surface area contributed by atoms with Crippen LogP contribution in [0.5, 0.6) is 0 Å². The maximum atomic E-state index is 11.8. The van der Waals surface area contributed by atoms with Crippen LogP contribution >= 0.6 is 11.3 Å². The molecule has 1 aliphatic rings. The fraction of sp³-hybridized carbons (Fsp3) is 0.222. The summed E-state index contributed by atoms with van der Waals surface area (Å²) in [4.78, 5) is 23.5. The third-order valence-corrected chi connectivity index (χ3v) is 4.28. The number of hydrogen-bond acceptors (Lipinski definition) is 8. The van der Waals surface area contributed by atoms with Gasteiger partial charge < -0.3 is 15.1 Å². The molecule has 2 rings (SSSR count). The molecular weight excluding hydrogens is 333 g/mol. The summed E-state index contributed by atoms with van der Waals surface area (Å²) in [5, 5.41) is 15.5. The number of β-lactam (4-membered cyclic amide) rings is 1. The summed E-state index contributed by atoms with van der Waals surface area (Å²) < 4.78 is 31.9. The van der Waals surface area contributed by atoms with Gasteiger partial charge in [-0.05, 0) is 11.4 Å². The van der Waals surface area contributed by atoms with E-state index in [0.29, 0.717) is 4.88 Å². The Hall–Kier alpha value is -0.980. The molecule has 2 heterocycles. The largest absolute Gasteiger partial charge is 1.00 e. The van der Waals surface area contributed by atoms with Crippen LogP contribution in [0.25, 0.3) is 0 Å². The van der Waals surface area contributed by atoms with E-state index in [0.717, 1.165) is 11.3 Å². The first-order valence-electron chi connectivity index (χ1n) is 5.19. The van der Waals surface area contributed by atoms with Crippen LogP contribution in [-0.4, -0.2) is 52.6 Å². The van der Waals surface area contributed by atoms with Gasteiger partial charge in [0.05, 0.1) is 11.4 Å². The van der Waals surface area contributed by atoms with E-state index in [2.05, 4.69) is 10.5 Å². The Bertz CT molecular complexity index is 672. The normalized spacial score (nSPS) is 18.7. The molecule has 1 atom stereocenters. The van der Waals surface area contributed by atoms with Gasteiger partial charge in [0.1, 0.15) is 6.04 Å². The number of carbonyl (C=O) groups excluding carboxylic acids is 2. The van der Waals surface area contributed by atoms with Gasteiger partial charge in [0.15, 0.2) is 16.0 Å². The third-order valence-electron chi connectivity index (χ3n) is 2.54. The molecule has 1 aromatic rings. The van der Waals surface area contributed by atoms with E-state index in [4.69, 9.17) is 5.21 Å². The van der Waals surface area contributed by atoms with Gasteiger partial charge in [-0.25, -0.2) is 12.7 Å². The summed E-state index contributed by atoms with van der Waals surface area (Å²) in [6.07, 6.45) is 0. The number of thiophene rings is 1. The van der Waals surface area contributed by atoms with Crippen molar-refractivity contribution in [3.8, 4) is 0 Å². The van der Waals surface area contributed by atoms with Crippen molar-refractivity contribution in [2.45, 2.75) is 6.04 Å². The van der Waals surface area contributed by atoms with Crippen LogP contribution in [0.1, 0.15) is 4.88 Å². The molecular formula is C9H8N3NaO6S2. The standard InChI is InChI=1S/C9H9N3O6S2.Na/c13-8(7(11-15)6-2-1-3-19-6)10-5-4-12(9(5)14)20(16,17)18;/h1-3,5,15H,4H2,(H,10,13)(H,16,17,18);/q;+1/p-1. The molecule has 0 aliphatic carbocycles. The predicted octanol–water partition coefficient (Wildman–Crippen LogP) is -4.28. The second-order valence-corrected chi connectivity index (χ2v) is 6.02. The number of nitrogens with zero attached hydrogens (tertiary/aromatic N) is 2. The molecule has 9 nitrogen and oxygen atoms in total. The fourth-order valence-electron chi connectivity index (χ4n) is 1.55. The molecule has 0 radical (unpaired) electrons. The number of carbonyl (C=O) groups is 2. The first kappa shape index (κ1) is 18.1. The average Bonchev–Trinajstić information content (AvgIpc) is 2.86. The fourth-order valence-corrected chi connectivity index (χ4v) is 2.94. The Kier molecular flexibility index (Phi) is 5.90. The maximum absolute atomic E-state index is 11.8. The van der Waals surface area contributed by atoms with Gasteiger partial charge in [0.2, 0.25) is 0 Å². The monoisotopic (exact) mass is 341 g/mol. The number of amides is 2. The zero-order chi connectivity index (χ0) is 14.9. The van der Waals surface area contributed by atoms with E-state index in [1.54, 1.807) is 11.4 Å². The molecule has 1 unspecified atom stereocenters. The molecule has 1 aromatic heterocycles. The summed E-state index contributed by atoms with van der Waals surface area (Å²) >= 11 is 1.15. The number of hydrogen-bond donors (Lipinski definition) is 2. The quantitative estimate of drug-likeness (QED) is 0.142. The minimum Gasteiger partial charge on any atom is -0.731 e. The van der Waals surface area contributed by atoms with E-state index in [1.807, 2.05) is 0 Å². The van der Waals surface area contributed by atoms with Crippen molar-refractivity contribution in [3.05, 3.63) is 22.4 Å². The van der Waals surface area contributed by atoms with Crippen molar-refractivity contribution >= 4 is 39.2 Å². The van der Waals surface area contributed by atoms with Crippen molar-refractivity contribution in [1.29, 1.82) is 0 Å². The van der Waals surface area contributed by atoms with E-state index < -0.39 is 34.7 Å². The van der Waals surface area contributed by atoms with Gasteiger partial charge in [0, 0.05) is 0 Å². The van der Waals surface area contributed by atoms with Gasteiger partial charge in [0.25, 0.3) is 11.8 Å². The number of oxime groups is 1. The van der Waals surface area contributed by atoms with Crippen molar-refractivity contribution in [1.82, 2.24) is 9.62 Å². The molecule has 0 bridgehead atoms. The van der Waals surface area contributed by atoms with Crippen LogP contribution in [0.4, 0.5) is 0 Å². The Morgan fingerprint density at radius 3 is 2.67 bits per heavy atom. The minimum absolute atomic E-state index is 0. The van der Waals surface area contributed by atoms with Gasteiger partial charge >= 0.3 is 29.6 Å². The molecule has 2 N–H and O–H groups in total. The molecule has 12 heteroatoms. The van der Waals surface area contributed by atoms with E-state index in [-0.39, 0.29) is 39.6 Å². The van der Waals surface area contributed by atoms with Crippen molar-refractivity contribution in [2.75, 3.05) is 6.54 Å². The van der Waals surface area contributed by atoms with E-state index in [1.165, 1.54) is 6.07 Å². The summed E-state index contributed by atoms with van der Waals surface area (Å²) in [5.74, 6) is -1.85. The Labute approximate surface area is 145 Å². The summed E-state index contributed by atoms with van der Waals surface area (Å²) in [7, 11) is -4.85. The molecule has 0 spiro atoms. The second kappa shape index (κ2) is 6.85. The first-order valence-corrected chi connectivity index (χ1v) is 7.43. The van der Waals surface area contributed by atoms with Crippen LogP contribution < -0.4 is 34.9 Å². The van der Waals surface area contributed by atoms with Crippen molar-refractivity contribution < 1.29 is 57.3 Å². The summed E-state index contributed by atoms with van der Waals surface area (Å²) in [6, 6.07) is 2.05. The molecule has 0 aromatic carbocycles. The zero-order valence-electron chi connectivity index (χ0n) is 10.7. The minimum atomic E-state index is -4.85. The van der Waals surface area contributed by atoms with E-state index in [9.17, 15) is 22.6 Å².